The summed E-state index contributed by atoms with van der Waals surface area (Å²) in [5, 5.41) is 6.44. The van der Waals surface area contributed by atoms with Crippen LogP contribution >= 0.6 is 0 Å². The van der Waals surface area contributed by atoms with E-state index in [0.717, 1.165) is 113 Å². The summed E-state index contributed by atoms with van der Waals surface area (Å²) < 4.78 is 0. The molecule has 1 saturated carbocycles. The van der Waals surface area contributed by atoms with Gasteiger partial charge in [-0.3, -0.25) is 0 Å². The van der Waals surface area contributed by atoms with Gasteiger partial charge in [-0.1, -0.05) is 53.4 Å². The predicted octanol–water partition coefficient (Wildman–Crippen LogP) is 9.93. The number of carbonyl (C=O) groups is 2. The Morgan fingerprint density at radius 1 is 0.562 bits per heavy atom. The van der Waals surface area contributed by atoms with Crippen LogP contribution in [-0.2, 0) is 0 Å². The lowest BCUT2D eigenvalue weighted by atomic mass is 9.81. The molecule has 48 heavy (non-hydrogen) atoms. The van der Waals surface area contributed by atoms with Gasteiger partial charge in [0.15, 0.2) is 0 Å². The van der Waals surface area contributed by atoms with E-state index in [1.165, 1.54) is 0 Å². The minimum Gasteiger partial charge on any atom is -0.378 e. The number of anilines is 4. The first-order valence-corrected chi connectivity index (χ1v) is 18.8. The van der Waals surface area contributed by atoms with E-state index < -0.39 is 0 Å². The third kappa shape index (κ3) is 11.9. The van der Waals surface area contributed by atoms with E-state index in [1.807, 2.05) is 76.7 Å². The second-order valence-electron chi connectivity index (χ2n) is 14.4. The van der Waals surface area contributed by atoms with Crippen LogP contribution in [0.5, 0.6) is 0 Å². The molecule has 4 amide bonds. The zero-order chi connectivity index (χ0) is 35.1. The molecule has 3 rings (SSSR count). The number of rotatable bonds is 18. The highest BCUT2D eigenvalue weighted by atomic mass is 16.2. The van der Waals surface area contributed by atoms with Gasteiger partial charge in [0.05, 0.1) is 0 Å². The SMILES string of the molecule is CCCC(CCC)N(C[C@H]1CC[C@H](CN(C(=O)Nc2ccc(N(C)C)cc2)C(CCC)CCC)CC1)C(=O)Nc1ccc(N(C)C)cc1. The van der Waals surface area contributed by atoms with E-state index in [-0.39, 0.29) is 24.1 Å². The summed E-state index contributed by atoms with van der Waals surface area (Å²) >= 11 is 0. The molecule has 8 nitrogen and oxygen atoms in total. The maximum Gasteiger partial charge on any atom is 0.322 e. The van der Waals surface area contributed by atoms with Gasteiger partial charge in [0.1, 0.15) is 0 Å². The summed E-state index contributed by atoms with van der Waals surface area (Å²) in [4.78, 5) is 36.1. The number of nitrogens with one attached hydrogen (secondary N) is 2. The Labute approximate surface area is 292 Å². The lowest BCUT2D eigenvalue weighted by molar-refractivity contribution is 0.125. The zero-order valence-corrected chi connectivity index (χ0v) is 31.4. The summed E-state index contributed by atoms with van der Waals surface area (Å²) in [6.45, 7) is 10.5. The summed E-state index contributed by atoms with van der Waals surface area (Å²) in [6.07, 6.45) is 12.7. The normalized spacial score (nSPS) is 16.1. The topological polar surface area (TPSA) is 71.2 Å². The number of hydrogen-bond donors (Lipinski definition) is 2. The van der Waals surface area contributed by atoms with Gasteiger partial charge in [0, 0.05) is 76.1 Å². The lowest BCUT2D eigenvalue weighted by Gasteiger charge is -2.39. The second-order valence-corrected chi connectivity index (χ2v) is 14.4. The molecular formula is C40H66N6O2. The van der Waals surface area contributed by atoms with E-state index in [2.05, 4.69) is 57.9 Å². The lowest BCUT2D eigenvalue weighted by Crippen LogP contribution is -2.47. The monoisotopic (exact) mass is 663 g/mol. The molecule has 2 N–H and O–H groups in total. The fourth-order valence-corrected chi connectivity index (χ4v) is 7.27. The first-order chi connectivity index (χ1) is 23.1. The van der Waals surface area contributed by atoms with Gasteiger partial charge in [0.25, 0.3) is 0 Å². The molecule has 8 heteroatoms. The van der Waals surface area contributed by atoms with E-state index in [0.29, 0.717) is 11.8 Å². The van der Waals surface area contributed by atoms with Crippen molar-refractivity contribution in [2.75, 3.05) is 61.7 Å². The molecule has 2 aromatic rings. The van der Waals surface area contributed by atoms with E-state index >= 15 is 0 Å². The Morgan fingerprint density at radius 3 is 1.10 bits per heavy atom. The van der Waals surface area contributed by atoms with Crippen LogP contribution in [0, 0.1) is 11.8 Å². The fourth-order valence-electron chi connectivity index (χ4n) is 7.27. The van der Waals surface area contributed by atoms with Crippen molar-refractivity contribution in [2.45, 2.75) is 117 Å². The average molecular weight is 663 g/mol. The summed E-state index contributed by atoms with van der Waals surface area (Å²) in [5.74, 6) is 0.942. The molecule has 1 fully saturated rings. The molecule has 0 unspecified atom stereocenters. The fraction of sp³-hybridized carbons (Fsp3) is 0.650. The molecule has 2 aromatic carbocycles. The predicted molar refractivity (Wildman–Crippen MR) is 206 cm³/mol. The quantitative estimate of drug-likeness (QED) is 0.167. The number of hydrogen-bond acceptors (Lipinski definition) is 4. The Balaban J connectivity index is 1.68. The molecule has 0 heterocycles. The highest BCUT2D eigenvalue weighted by Crippen LogP contribution is 2.33. The average Bonchev–Trinajstić information content (AvgIpc) is 3.07. The summed E-state index contributed by atoms with van der Waals surface area (Å²) in [6, 6.07) is 16.7. The zero-order valence-electron chi connectivity index (χ0n) is 31.4. The molecule has 0 aliphatic heterocycles. The molecule has 1 aliphatic carbocycles. The van der Waals surface area contributed by atoms with Crippen LogP contribution in [0.4, 0.5) is 32.3 Å². The van der Waals surface area contributed by atoms with Gasteiger partial charge in [-0.05, 0) is 112 Å². The highest BCUT2D eigenvalue weighted by Gasteiger charge is 2.32. The molecule has 0 bridgehead atoms. The number of amides is 4. The minimum atomic E-state index is 0.0186. The van der Waals surface area contributed by atoms with Crippen LogP contribution in [0.2, 0.25) is 0 Å². The third-order valence-corrected chi connectivity index (χ3v) is 10.0. The van der Waals surface area contributed by atoms with Crippen LogP contribution < -0.4 is 20.4 Å². The standard InChI is InChI=1S/C40H66N6O2/c1-9-13-37(14-10-2)45(39(47)41-33-21-25-35(26-22-33)43(5)6)29-31-17-19-32(20-18-31)30-46(38(15-11-3)16-12-4)40(48)42-34-23-27-36(28-24-34)44(7)8/h21-28,31-32,37-38H,9-20,29-30H2,1-8H3,(H,41,47)(H,42,48)/t31-,32-. The van der Waals surface area contributed by atoms with Crippen molar-refractivity contribution in [1.82, 2.24) is 9.80 Å². The minimum absolute atomic E-state index is 0.0186. The van der Waals surface area contributed by atoms with Crippen molar-refractivity contribution in [3.63, 3.8) is 0 Å². The van der Waals surface area contributed by atoms with Crippen LogP contribution in [0.15, 0.2) is 48.5 Å². The van der Waals surface area contributed by atoms with Gasteiger partial charge < -0.3 is 30.2 Å². The van der Waals surface area contributed by atoms with Gasteiger partial charge >= 0.3 is 12.1 Å². The molecule has 1 aliphatic rings. The molecule has 0 atom stereocenters. The highest BCUT2D eigenvalue weighted by molar-refractivity contribution is 5.90. The molecule has 0 spiro atoms. The maximum absolute atomic E-state index is 13.8. The molecule has 0 aromatic heterocycles. The Kier molecular flexibility index (Phi) is 16.4. The summed E-state index contributed by atoms with van der Waals surface area (Å²) in [5.41, 5.74) is 3.90. The van der Waals surface area contributed by atoms with Gasteiger partial charge in [-0.2, -0.15) is 0 Å². The molecule has 268 valence electrons. The van der Waals surface area contributed by atoms with Crippen LogP contribution in [-0.4, -0.2) is 75.2 Å². The van der Waals surface area contributed by atoms with Gasteiger partial charge in [0.2, 0.25) is 0 Å². The van der Waals surface area contributed by atoms with Crippen LogP contribution in [0.1, 0.15) is 105 Å². The van der Waals surface area contributed by atoms with Crippen molar-refractivity contribution >= 4 is 34.8 Å². The van der Waals surface area contributed by atoms with Crippen LogP contribution in [0.25, 0.3) is 0 Å². The summed E-state index contributed by atoms with van der Waals surface area (Å²) in [7, 11) is 8.10. The molecular weight excluding hydrogens is 596 g/mol. The van der Waals surface area contributed by atoms with Gasteiger partial charge in [-0.25, -0.2) is 9.59 Å². The van der Waals surface area contributed by atoms with Crippen molar-refractivity contribution in [1.29, 1.82) is 0 Å². The smallest absolute Gasteiger partial charge is 0.322 e. The van der Waals surface area contributed by atoms with Crippen molar-refractivity contribution in [3.05, 3.63) is 48.5 Å². The number of benzene rings is 2. The van der Waals surface area contributed by atoms with Gasteiger partial charge in [-0.15, -0.1) is 0 Å². The van der Waals surface area contributed by atoms with E-state index in [9.17, 15) is 9.59 Å². The van der Waals surface area contributed by atoms with Crippen LogP contribution in [0.3, 0.4) is 0 Å². The van der Waals surface area contributed by atoms with Crippen molar-refractivity contribution in [3.8, 4) is 0 Å². The first kappa shape index (κ1) is 39.0. The Bertz CT molecular complexity index is 1100. The Morgan fingerprint density at radius 2 is 0.854 bits per heavy atom. The van der Waals surface area contributed by atoms with E-state index in [1.54, 1.807) is 0 Å². The molecule has 0 radical (unpaired) electrons. The first-order valence-electron chi connectivity index (χ1n) is 18.8. The maximum atomic E-state index is 13.8. The third-order valence-electron chi connectivity index (χ3n) is 10.0. The number of urea groups is 2. The second kappa shape index (κ2) is 20.2. The largest absolute Gasteiger partial charge is 0.378 e. The number of nitrogens with zero attached hydrogens (tertiary/aromatic N) is 4. The number of carbonyl (C=O) groups excluding carboxylic acids is 2. The van der Waals surface area contributed by atoms with E-state index in [4.69, 9.17) is 0 Å². The Hall–Kier alpha value is -3.42. The van der Waals surface area contributed by atoms with Crippen molar-refractivity contribution < 1.29 is 9.59 Å². The van der Waals surface area contributed by atoms with Crippen molar-refractivity contribution in [2.24, 2.45) is 11.8 Å². The molecule has 0 saturated heterocycles.